The van der Waals surface area contributed by atoms with Gasteiger partial charge in [-0.15, -0.1) is 0 Å². The van der Waals surface area contributed by atoms with E-state index in [1.165, 1.54) is 0 Å². The number of morpholine rings is 1. The summed E-state index contributed by atoms with van der Waals surface area (Å²) in [5.41, 5.74) is 5.62. The van der Waals surface area contributed by atoms with E-state index in [0.29, 0.717) is 12.6 Å². The highest BCUT2D eigenvalue weighted by molar-refractivity contribution is 4.90. The molecule has 1 aliphatic heterocycles. The zero-order valence-corrected chi connectivity index (χ0v) is 9.54. The van der Waals surface area contributed by atoms with Gasteiger partial charge in [0.25, 0.3) is 0 Å². The minimum Gasteiger partial charge on any atom is -0.374 e. The molecule has 2 N–H and O–H groups in total. The average molecular weight is 222 g/mol. The fraction of sp³-hybridized carbons (Fsp3) is 0.636. The first kappa shape index (κ1) is 11.4. The molecule has 88 valence electrons. The number of nitrogens with two attached hydrogens (primary N) is 1. The highest BCUT2D eigenvalue weighted by atomic mass is 16.5. The van der Waals surface area contributed by atoms with Gasteiger partial charge < -0.3 is 10.5 Å². The van der Waals surface area contributed by atoms with E-state index >= 15 is 0 Å². The van der Waals surface area contributed by atoms with E-state index in [1.807, 2.05) is 6.07 Å². The summed E-state index contributed by atoms with van der Waals surface area (Å²) < 4.78 is 5.60. The minimum atomic E-state index is 0.139. The third-order valence-electron chi connectivity index (χ3n) is 2.86. The van der Waals surface area contributed by atoms with Crippen LogP contribution in [0.4, 0.5) is 0 Å². The molecule has 0 saturated carbocycles. The Hall–Kier alpha value is -1.04. The standard InChI is InChI=1S/C11H18N4O/c1-9-8-16-10(5-12)6-15(9)7-11-13-3-2-4-14-11/h2-4,9-10H,5-8,12H2,1H3. The van der Waals surface area contributed by atoms with Crippen LogP contribution in [-0.4, -0.2) is 46.7 Å². The summed E-state index contributed by atoms with van der Waals surface area (Å²) >= 11 is 0. The lowest BCUT2D eigenvalue weighted by Crippen LogP contribution is -2.50. The summed E-state index contributed by atoms with van der Waals surface area (Å²) in [5, 5.41) is 0. The summed E-state index contributed by atoms with van der Waals surface area (Å²) in [4.78, 5) is 10.8. The van der Waals surface area contributed by atoms with Crippen LogP contribution in [0.15, 0.2) is 18.5 Å². The van der Waals surface area contributed by atoms with E-state index in [9.17, 15) is 0 Å². The van der Waals surface area contributed by atoms with Crippen molar-refractivity contribution in [3.8, 4) is 0 Å². The van der Waals surface area contributed by atoms with Crippen molar-refractivity contribution in [1.82, 2.24) is 14.9 Å². The molecule has 2 heterocycles. The Morgan fingerprint density at radius 2 is 2.25 bits per heavy atom. The predicted molar refractivity (Wildman–Crippen MR) is 60.7 cm³/mol. The molecule has 5 heteroatoms. The Morgan fingerprint density at radius 1 is 1.50 bits per heavy atom. The number of ether oxygens (including phenoxy) is 1. The van der Waals surface area contributed by atoms with Gasteiger partial charge in [0.05, 0.1) is 19.3 Å². The van der Waals surface area contributed by atoms with Crippen LogP contribution >= 0.6 is 0 Å². The SMILES string of the molecule is CC1COC(CN)CN1Cc1ncccn1. The summed E-state index contributed by atoms with van der Waals surface area (Å²) in [7, 11) is 0. The van der Waals surface area contributed by atoms with Gasteiger partial charge in [-0.1, -0.05) is 0 Å². The van der Waals surface area contributed by atoms with Gasteiger partial charge in [0, 0.05) is 31.5 Å². The number of nitrogens with zero attached hydrogens (tertiary/aromatic N) is 3. The largest absolute Gasteiger partial charge is 0.374 e. The first-order valence-corrected chi connectivity index (χ1v) is 5.61. The van der Waals surface area contributed by atoms with Crippen molar-refractivity contribution in [2.24, 2.45) is 5.73 Å². The molecule has 2 atom stereocenters. The Labute approximate surface area is 95.6 Å². The smallest absolute Gasteiger partial charge is 0.142 e. The molecule has 0 aromatic carbocycles. The van der Waals surface area contributed by atoms with Crippen LogP contribution in [0.25, 0.3) is 0 Å². The van der Waals surface area contributed by atoms with Crippen LogP contribution in [0.5, 0.6) is 0 Å². The fourth-order valence-corrected chi connectivity index (χ4v) is 1.83. The van der Waals surface area contributed by atoms with Crippen molar-refractivity contribution in [2.45, 2.75) is 25.6 Å². The predicted octanol–water partition coefficient (Wildman–Crippen LogP) is 0.0246. The molecule has 1 aromatic rings. The van der Waals surface area contributed by atoms with Crippen molar-refractivity contribution < 1.29 is 4.74 Å². The summed E-state index contributed by atoms with van der Waals surface area (Å²) in [6, 6.07) is 2.22. The molecule has 5 nitrogen and oxygen atoms in total. The quantitative estimate of drug-likeness (QED) is 0.781. The molecule has 0 bridgehead atoms. The van der Waals surface area contributed by atoms with Crippen molar-refractivity contribution in [1.29, 1.82) is 0 Å². The molecule has 0 radical (unpaired) electrons. The molecule has 1 aromatic heterocycles. The first-order valence-electron chi connectivity index (χ1n) is 5.61. The van der Waals surface area contributed by atoms with Crippen molar-refractivity contribution in [2.75, 3.05) is 19.7 Å². The number of rotatable bonds is 3. The van der Waals surface area contributed by atoms with E-state index in [1.54, 1.807) is 12.4 Å². The molecule has 0 spiro atoms. The van der Waals surface area contributed by atoms with Crippen LogP contribution in [0, 0.1) is 0 Å². The van der Waals surface area contributed by atoms with E-state index in [2.05, 4.69) is 21.8 Å². The summed E-state index contributed by atoms with van der Waals surface area (Å²) in [5.74, 6) is 0.854. The highest BCUT2D eigenvalue weighted by Crippen LogP contribution is 2.13. The van der Waals surface area contributed by atoms with Crippen LogP contribution in [0.1, 0.15) is 12.7 Å². The highest BCUT2D eigenvalue weighted by Gasteiger charge is 2.25. The lowest BCUT2D eigenvalue weighted by Gasteiger charge is -2.37. The Kier molecular flexibility index (Phi) is 3.82. The van der Waals surface area contributed by atoms with Gasteiger partial charge in [0.1, 0.15) is 5.82 Å². The summed E-state index contributed by atoms with van der Waals surface area (Å²) in [6.07, 6.45) is 3.68. The molecule has 1 saturated heterocycles. The average Bonchev–Trinajstić information content (AvgIpc) is 2.33. The lowest BCUT2D eigenvalue weighted by molar-refractivity contribution is -0.0575. The molecule has 0 aliphatic carbocycles. The second-order valence-corrected chi connectivity index (χ2v) is 4.13. The number of hydrogen-bond donors (Lipinski definition) is 1. The van der Waals surface area contributed by atoms with E-state index in [-0.39, 0.29) is 6.10 Å². The van der Waals surface area contributed by atoms with Crippen molar-refractivity contribution in [3.05, 3.63) is 24.3 Å². The third-order valence-corrected chi connectivity index (χ3v) is 2.86. The van der Waals surface area contributed by atoms with Gasteiger partial charge in [-0.3, -0.25) is 4.90 Å². The second-order valence-electron chi connectivity index (χ2n) is 4.13. The van der Waals surface area contributed by atoms with Gasteiger partial charge >= 0.3 is 0 Å². The van der Waals surface area contributed by atoms with Gasteiger partial charge in [-0.25, -0.2) is 9.97 Å². The Morgan fingerprint density at radius 3 is 2.94 bits per heavy atom. The molecule has 1 fully saturated rings. The zero-order valence-electron chi connectivity index (χ0n) is 9.54. The number of hydrogen-bond acceptors (Lipinski definition) is 5. The molecule has 2 rings (SSSR count). The Balaban J connectivity index is 1.97. The fourth-order valence-electron chi connectivity index (χ4n) is 1.83. The molecular formula is C11H18N4O. The molecule has 1 aliphatic rings. The van der Waals surface area contributed by atoms with Crippen LogP contribution in [0.3, 0.4) is 0 Å². The van der Waals surface area contributed by atoms with Gasteiger partial charge in [-0.05, 0) is 13.0 Å². The maximum absolute atomic E-state index is 5.62. The van der Waals surface area contributed by atoms with Crippen molar-refractivity contribution >= 4 is 0 Å². The van der Waals surface area contributed by atoms with Gasteiger partial charge in [-0.2, -0.15) is 0 Å². The van der Waals surface area contributed by atoms with Crippen LogP contribution in [-0.2, 0) is 11.3 Å². The van der Waals surface area contributed by atoms with E-state index in [0.717, 1.165) is 25.5 Å². The normalized spacial score (nSPS) is 26.9. The van der Waals surface area contributed by atoms with Crippen LogP contribution < -0.4 is 5.73 Å². The van der Waals surface area contributed by atoms with E-state index < -0.39 is 0 Å². The lowest BCUT2D eigenvalue weighted by atomic mass is 10.2. The van der Waals surface area contributed by atoms with Crippen LogP contribution in [0.2, 0.25) is 0 Å². The second kappa shape index (κ2) is 5.34. The first-order chi connectivity index (χ1) is 7.79. The molecular weight excluding hydrogens is 204 g/mol. The third kappa shape index (κ3) is 2.75. The van der Waals surface area contributed by atoms with Gasteiger partial charge in [0.15, 0.2) is 0 Å². The maximum Gasteiger partial charge on any atom is 0.142 e. The van der Waals surface area contributed by atoms with E-state index in [4.69, 9.17) is 10.5 Å². The topological polar surface area (TPSA) is 64.3 Å². The molecule has 16 heavy (non-hydrogen) atoms. The minimum absolute atomic E-state index is 0.139. The maximum atomic E-state index is 5.62. The zero-order chi connectivity index (χ0) is 11.4. The monoisotopic (exact) mass is 222 g/mol. The molecule has 0 amide bonds. The number of aromatic nitrogens is 2. The Bertz CT molecular complexity index is 319. The summed E-state index contributed by atoms with van der Waals surface area (Å²) in [6.45, 7) is 5.07. The van der Waals surface area contributed by atoms with Crippen molar-refractivity contribution in [3.63, 3.8) is 0 Å². The van der Waals surface area contributed by atoms with Gasteiger partial charge in [0.2, 0.25) is 0 Å². The molecule has 2 unspecified atom stereocenters.